The first-order chi connectivity index (χ1) is 6.74. The molecule has 0 amide bonds. The van der Waals surface area contributed by atoms with Gasteiger partial charge in [-0.2, -0.15) is 5.10 Å². The van der Waals surface area contributed by atoms with E-state index in [-0.39, 0.29) is 6.04 Å². The first kappa shape index (κ1) is 11.1. The summed E-state index contributed by atoms with van der Waals surface area (Å²) in [6, 6.07) is 0.205. The molecule has 0 aliphatic carbocycles. The minimum Gasteiger partial charge on any atom is -0.384 e. The van der Waals surface area contributed by atoms with Crippen LogP contribution in [0.25, 0.3) is 0 Å². The number of ether oxygens (including phenoxy) is 1. The first-order valence-electron chi connectivity index (χ1n) is 4.81. The maximum absolute atomic E-state index is 5.05. The van der Waals surface area contributed by atoms with Crippen LogP contribution < -0.4 is 5.32 Å². The zero-order chi connectivity index (χ0) is 10.4. The number of nitrogens with one attached hydrogen (secondary N) is 2. The lowest BCUT2D eigenvalue weighted by molar-refractivity contribution is 0.157. The summed E-state index contributed by atoms with van der Waals surface area (Å²) in [4.78, 5) is 4.08. The average Bonchev–Trinajstić information content (AvgIpc) is 2.67. The Kier molecular flexibility index (Phi) is 4.55. The highest BCUT2D eigenvalue weighted by atomic mass is 16.5. The molecule has 0 fully saturated rings. The van der Waals surface area contributed by atoms with Crippen molar-refractivity contribution in [3.05, 3.63) is 12.2 Å². The van der Waals surface area contributed by atoms with Gasteiger partial charge in [0.25, 0.3) is 0 Å². The number of nitrogens with zero attached hydrogens (tertiary/aromatic N) is 2. The molecule has 1 aromatic heterocycles. The fourth-order valence-corrected chi connectivity index (χ4v) is 1.24. The van der Waals surface area contributed by atoms with Gasteiger partial charge in [0.05, 0.1) is 6.04 Å². The van der Waals surface area contributed by atoms with Gasteiger partial charge in [-0.05, 0) is 12.8 Å². The van der Waals surface area contributed by atoms with Gasteiger partial charge in [-0.25, -0.2) is 4.98 Å². The third-order valence-corrected chi connectivity index (χ3v) is 2.07. The van der Waals surface area contributed by atoms with E-state index in [1.165, 1.54) is 6.33 Å². The van der Waals surface area contributed by atoms with Crippen LogP contribution in [0.4, 0.5) is 0 Å². The van der Waals surface area contributed by atoms with Gasteiger partial charge >= 0.3 is 0 Å². The number of aromatic amines is 1. The summed E-state index contributed by atoms with van der Waals surface area (Å²) in [5.41, 5.74) is 0. The minimum absolute atomic E-state index is 0.205. The van der Waals surface area contributed by atoms with Crippen LogP contribution >= 0.6 is 0 Å². The number of methoxy groups -OCH3 is 1. The summed E-state index contributed by atoms with van der Waals surface area (Å²) in [7, 11) is 1.72. The Balaban J connectivity index is 2.24. The molecule has 0 radical (unpaired) electrons. The molecule has 2 N–H and O–H groups in total. The van der Waals surface area contributed by atoms with Crippen LogP contribution in [0.2, 0.25) is 0 Å². The number of hydrogen-bond donors (Lipinski definition) is 2. The Bertz CT molecular complexity index is 237. The largest absolute Gasteiger partial charge is 0.384 e. The van der Waals surface area contributed by atoms with E-state index in [9.17, 15) is 0 Å². The molecule has 1 rings (SSSR count). The second-order valence-electron chi connectivity index (χ2n) is 3.56. The summed E-state index contributed by atoms with van der Waals surface area (Å²) in [5, 5.41) is 10.00. The fourth-order valence-electron chi connectivity index (χ4n) is 1.24. The number of aromatic nitrogens is 3. The quantitative estimate of drug-likeness (QED) is 0.707. The lowest BCUT2D eigenvalue weighted by Crippen LogP contribution is -2.27. The van der Waals surface area contributed by atoms with Gasteiger partial charge in [-0.3, -0.25) is 5.10 Å². The van der Waals surface area contributed by atoms with Crippen LogP contribution in [0.3, 0.4) is 0 Å². The van der Waals surface area contributed by atoms with Crippen molar-refractivity contribution in [3.8, 4) is 0 Å². The van der Waals surface area contributed by atoms with Gasteiger partial charge in [-0.1, -0.05) is 6.92 Å². The van der Waals surface area contributed by atoms with Crippen molar-refractivity contribution >= 4 is 0 Å². The van der Waals surface area contributed by atoms with Gasteiger partial charge in [0.2, 0.25) is 0 Å². The highest BCUT2D eigenvalue weighted by Gasteiger charge is 2.09. The SMILES string of the molecule is COCC(C)CNC(C)c1ncn[nH]1. The van der Waals surface area contributed by atoms with Crippen LogP contribution in [0, 0.1) is 5.92 Å². The van der Waals surface area contributed by atoms with Gasteiger partial charge in [0.1, 0.15) is 12.2 Å². The number of H-pyrrole nitrogens is 1. The number of hydrogen-bond acceptors (Lipinski definition) is 4. The Morgan fingerprint density at radius 2 is 2.36 bits per heavy atom. The molecule has 0 aromatic carbocycles. The summed E-state index contributed by atoms with van der Waals surface area (Å²) in [6.45, 7) is 5.88. The van der Waals surface area contributed by atoms with E-state index in [2.05, 4.69) is 34.3 Å². The first-order valence-corrected chi connectivity index (χ1v) is 4.81. The van der Waals surface area contributed by atoms with E-state index in [1.807, 2.05) is 0 Å². The molecule has 14 heavy (non-hydrogen) atoms. The van der Waals surface area contributed by atoms with Crippen molar-refractivity contribution in [3.63, 3.8) is 0 Å². The Morgan fingerprint density at radius 3 is 2.93 bits per heavy atom. The third kappa shape index (κ3) is 3.43. The van der Waals surface area contributed by atoms with E-state index < -0.39 is 0 Å². The molecule has 0 aliphatic heterocycles. The summed E-state index contributed by atoms with van der Waals surface area (Å²) < 4.78 is 5.05. The monoisotopic (exact) mass is 198 g/mol. The highest BCUT2D eigenvalue weighted by Crippen LogP contribution is 2.04. The standard InChI is InChI=1S/C9H18N4O/c1-7(5-14-3)4-10-8(2)9-11-6-12-13-9/h6-8,10H,4-5H2,1-3H3,(H,11,12,13). The Labute approximate surface area is 84.3 Å². The zero-order valence-corrected chi connectivity index (χ0v) is 8.95. The predicted octanol–water partition coefficient (Wildman–Crippen LogP) is 0.738. The summed E-state index contributed by atoms with van der Waals surface area (Å²) in [6.07, 6.45) is 1.52. The smallest absolute Gasteiger partial charge is 0.141 e. The topological polar surface area (TPSA) is 62.8 Å². The predicted molar refractivity (Wildman–Crippen MR) is 53.8 cm³/mol. The minimum atomic E-state index is 0.205. The van der Waals surface area contributed by atoms with E-state index in [4.69, 9.17) is 4.74 Å². The molecule has 0 aliphatic rings. The molecule has 2 atom stereocenters. The zero-order valence-electron chi connectivity index (χ0n) is 8.95. The maximum Gasteiger partial charge on any atom is 0.141 e. The molecule has 1 aromatic rings. The average molecular weight is 198 g/mol. The second-order valence-corrected chi connectivity index (χ2v) is 3.56. The van der Waals surface area contributed by atoms with Crippen LogP contribution in [0.5, 0.6) is 0 Å². The highest BCUT2D eigenvalue weighted by molar-refractivity contribution is 4.88. The third-order valence-electron chi connectivity index (χ3n) is 2.07. The Morgan fingerprint density at radius 1 is 1.57 bits per heavy atom. The van der Waals surface area contributed by atoms with Crippen molar-refractivity contribution in [1.82, 2.24) is 20.5 Å². The summed E-state index contributed by atoms with van der Waals surface area (Å²) in [5.74, 6) is 1.37. The Hall–Kier alpha value is -0.940. The van der Waals surface area contributed by atoms with Gasteiger partial charge in [0.15, 0.2) is 0 Å². The van der Waals surface area contributed by atoms with Gasteiger partial charge in [0, 0.05) is 20.3 Å². The van der Waals surface area contributed by atoms with Crippen LogP contribution in [0.1, 0.15) is 25.7 Å². The molecule has 5 nitrogen and oxygen atoms in total. The van der Waals surface area contributed by atoms with Crippen LogP contribution in [0.15, 0.2) is 6.33 Å². The summed E-state index contributed by atoms with van der Waals surface area (Å²) >= 11 is 0. The fraction of sp³-hybridized carbons (Fsp3) is 0.778. The molecule has 0 bridgehead atoms. The second kappa shape index (κ2) is 5.72. The van der Waals surface area contributed by atoms with Gasteiger partial charge < -0.3 is 10.1 Å². The van der Waals surface area contributed by atoms with Crippen molar-refractivity contribution in [2.45, 2.75) is 19.9 Å². The lowest BCUT2D eigenvalue weighted by atomic mass is 10.2. The normalized spacial score (nSPS) is 15.4. The molecule has 5 heteroatoms. The van der Waals surface area contributed by atoms with E-state index in [0.717, 1.165) is 19.0 Å². The number of rotatable bonds is 6. The van der Waals surface area contributed by atoms with Crippen molar-refractivity contribution < 1.29 is 4.74 Å². The maximum atomic E-state index is 5.05. The molecule has 0 saturated carbocycles. The molecule has 0 spiro atoms. The van der Waals surface area contributed by atoms with E-state index >= 15 is 0 Å². The van der Waals surface area contributed by atoms with Crippen molar-refractivity contribution in [2.75, 3.05) is 20.3 Å². The molecule has 0 saturated heterocycles. The van der Waals surface area contributed by atoms with Gasteiger partial charge in [-0.15, -0.1) is 0 Å². The van der Waals surface area contributed by atoms with Crippen LogP contribution in [-0.4, -0.2) is 35.4 Å². The van der Waals surface area contributed by atoms with Crippen molar-refractivity contribution in [1.29, 1.82) is 0 Å². The van der Waals surface area contributed by atoms with E-state index in [0.29, 0.717) is 5.92 Å². The van der Waals surface area contributed by atoms with Crippen molar-refractivity contribution in [2.24, 2.45) is 5.92 Å². The molecule has 80 valence electrons. The molecular weight excluding hydrogens is 180 g/mol. The van der Waals surface area contributed by atoms with E-state index in [1.54, 1.807) is 7.11 Å². The molecule has 2 unspecified atom stereocenters. The van der Waals surface area contributed by atoms with Crippen LogP contribution in [-0.2, 0) is 4.74 Å². The molecule has 1 heterocycles. The lowest BCUT2D eigenvalue weighted by Gasteiger charge is -2.15. The molecular formula is C9H18N4O.